The number of aryl methyl sites for hydroxylation is 1. The summed E-state index contributed by atoms with van der Waals surface area (Å²) in [5, 5.41) is 6.73. The summed E-state index contributed by atoms with van der Waals surface area (Å²) in [7, 11) is 0. The van der Waals surface area contributed by atoms with Crippen LogP contribution in [0, 0.1) is 0 Å². The molecule has 1 aromatic heterocycles. The summed E-state index contributed by atoms with van der Waals surface area (Å²) in [6.07, 6.45) is 3.33. The Morgan fingerprint density at radius 3 is 2.59 bits per heavy atom. The van der Waals surface area contributed by atoms with Gasteiger partial charge in [0.25, 0.3) is 0 Å². The van der Waals surface area contributed by atoms with Crippen LogP contribution in [0.25, 0.3) is 0 Å². The molecular weight excluding hydrogens is 210 g/mol. The fraction of sp³-hybridized carbons (Fsp3) is 0.643. The molecule has 0 radical (unpaired) electrons. The van der Waals surface area contributed by atoms with Crippen LogP contribution >= 0.6 is 0 Å². The summed E-state index contributed by atoms with van der Waals surface area (Å²) in [6, 6.07) is 4.36. The molecule has 0 amide bonds. The van der Waals surface area contributed by atoms with Gasteiger partial charge in [-0.1, -0.05) is 27.2 Å². The van der Waals surface area contributed by atoms with E-state index in [0.717, 1.165) is 44.7 Å². The van der Waals surface area contributed by atoms with Gasteiger partial charge in [-0.05, 0) is 37.1 Å². The highest BCUT2D eigenvalue weighted by atomic mass is 15.0. The lowest BCUT2D eigenvalue weighted by atomic mass is 10.1. The minimum Gasteiger partial charge on any atom is -0.370 e. The van der Waals surface area contributed by atoms with Crippen LogP contribution in [-0.4, -0.2) is 18.1 Å². The second-order valence-electron chi connectivity index (χ2n) is 4.31. The van der Waals surface area contributed by atoms with Gasteiger partial charge in [-0.2, -0.15) is 0 Å². The Morgan fingerprint density at radius 1 is 1.12 bits per heavy atom. The normalized spacial score (nSPS) is 10.5. The summed E-state index contributed by atoms with van der Waals surface area (Å²) in [5.74, 6) is 1.02. The third kappa shape index (κ3) is 5.18. The predicted octanol–water partition coefficient (Wildman–Crippen LogP) is 2.97. The molecule has 96 valence electrons. The van der Waals surface area contributed by atoms with Crippen LogP contribution in [0.5, 0.6) is 0 Å². The zero-order chi connectivity index (χ0) is 12.5. The van der Waals surface area contributed by atoms with E-state index in [-0.39, 0.29) is 0 Å². The number of hydrogen-bond acceptors (Lipinski definition) is 3. The van der Waals surface area contributed by atoms with Crippen LogP contribution in [0.15, 0.2) is 12.1 Å². The molecule has 0 aliphatic rings. The summed E-state index contributed by atoms with van der Waals surface area (Å²) >= 11 is 0. The Kier molecular flexibility index (Phi) is 6.63. The maximum atomic E-state index is 4.63. The first-order valence-corrected chi connectivity index (χ1v) is 6.74. The lowest BCUT2D eigenvalue weighted by Crippen LogP contribution is -2.13. The molecule has 0 aliphatic carbocycles. The molecule has 0 aromatic carbocycles. The fourth-order valence-corrected chi connectivity index (χ4v) is 1.75. The molecular formula is C14H25N3. The zero-order valence-corrected chi connectivity index (χ0v) is 11.3. The maximum absolute atomic E-state index is 4.63. The second kappa shape index (κ2) is 8.07. The van der Waals surface area contributed by atoms with Crippen molar-refractivity contribution in [3.8, 4) is 0 Å². The second-order valence-corrected chi connectivity index (χ2v) is 4.31. The van der Waals surface area contributed by atoms with Crippen molar-refractivity contribution in [2.75, 3.05) is 18.4 Å². The van der Waals surface area contributed by atoms with Crippen molar-refractivity contribution in [3.05, 3.63) is 23.4 Å². The third-order valence-electron chi connectivity index (χ3n) is 2.58. The Labute approximate surface area is 105 Å². The number of anilines is 1. The van der Waals surface area contributed by atoms with Gasteiger partial charge in [0.15, 0.2) is 0 Å². The maximum Gasteiger partial charge on any atom is 0.126 e. The highest BCUT2D eigenvalue weighted by Gasteiger charge is 2.02. The number of pyridine rings is 1. The Hall–Kier alpha value is -1.09. The van der Waals surface area contributed by atoms with Gasteiger partial charge in [0, 0.05) is 18.8 Å². The molecule has 0 bridgehead atoms. The number of aromatic nitrogens is 1. The number of nitrogens with zero attached hydrogens (tertiary/aromatic N) is 1. The van der Waals surface area contributed by atoms with E-state index >= 15 is 0 Å². The average molecular weight is 235 g/mol. The predicted molar refractivity (Wildman–Crippen MR) is 74.4 cm³/mol. The van der Waals surface area contributed by atoms with E-state index in [1.807, 2.05) is 0 Å². The molecule has 3 nitrogen and oxygen atoms in total. The molecule has 0 fully saturated rings. The minimum absolute atomic E-state index is 0.927. The van der Waals surface area contributed by atoms with Gasteiger partial charge in [0.2, 0.25) is 0 Å². The molecule has 1 aromatic rings. The van der Waals surface area contributed by atoms with Crippen molar-refractivity contribution in [2.45, 2.75) is 46.6 Å². The Balaban J connectivity index is 2.76. The highest BCUT2D eigenvalue weighted by Crippen LogP contribution is 2.12. The van der Waals surface area contributed by atoms with Gasteiger partial charge in [-0.25, -0.2) is 4.98 Å². The zero-order valence-electron chi connectivity index (χ0n) is 11.3. The van der Waals surface area contributed by atoms with E-state index in [1.54, 1.807) is 0 Å². The molecule has 0 spiro atoms. The smallest absolute Gasteiger partial charge is 0.126 e. The lowest BCUT2D eigenvalue weighted by molar-refractivity contribution is 0.723. The first-order chi connectivity index (χ1) is 8.30. The van der Waals surface area contributed by atoms with E-state index < -0.39 is 0 Å². The van der Waals surface area contributed by atoms with E-state index in [4.69, 9.17) is 0 Å². The van der Waals surface area contributed by atoms with Gasteiger partial charge >= 0.3 is 0 Å². The van der Waals surface area contributed by atoms with Crippen LogP contribution in [0.2, 0.25) is 0 Å². The average Bonchev–Trinajstić information content (AvgIpc) is 2.34. The first kappa shape index (κ1) is 14.0. The standard InChI is InChI=1S/C14H25N3/c1-4-7-13-9-12(11-15-6-3)10-14(17-13)16-8-5-2/h9-10,15H,4-8,11H2,1-3H3,(H,16,17). The summed E-state index contributed by atoms with van der Waals surface area (Å²) in [6.45, 7) is 9.41. The lowest BCUT2D eigenvalue weighted by Gasteiger charge is -2.10. The molecule has 1 heterocycles. The van der Waals surface area contributed by atoms with Crippen LogP contribution < -0.4 is 10.6 Å². The fourth-order valence-electron chi connectivity index (χ4n) is 1.75. The van der Waals surface area contributed by atoms with Crippen LogP contribution in [0.1, 0.15) is 44.9 Å². The van der Waals surface area contributed by atoms with Crippen LogP contribution in [0.4, 0.5) is 5.82 Å². The van der Waals surface area contributed by atoms with Gasteiger partial charge < -0.3 is 10.6 Å². The Morgan fingerprint density at radius 2 is 1.94 bits per heavy atom. The molecule has 0 saturated carbocycles. The molecule has 0 atom stereocenters. The minimum atomic E-state index is 0.927. The van der Waals surface area contributed by atoms with Crippen LogP contribution in [-0.2, 0) is 13.0 Å². The van der Waals surface area contributed by atoms with Gasteiger partial charge in [0.05, 0.1) is 0 Å². The number of rotatable bonds is 8. The topological polar surface area (TPSA) is 37.0 Å². The summed E-state index contributed by atoms with van der Waals surface area (Å²) in [5.41, 5.74) is 2.52. The van der Waals surface area contributed by atoms with Crippen molar-refractivity contribution in [3.63, 3.8) is 0 Å². The van der Waals surface area contributed by atoms with Crippen molar-refractivity contribution < 1.29 is 0 Å². The van der Waals surface area contributed by atoms with Crippen molar-refractivity contribution >= 4 is 5.82 Å². The van der Waals surface area contributed by atoms with Crippen molar-refractivity contribution in [1.29, 1.82) is 0 Å². The van der Waals surface area contributed by atoms with E-state index in [9.17, 15) is 0 Å². The van der Waals surface area contributed by atoms with E-state index in [2.05, 4.69) is 48.5 Å². The number of hydrogen-bond donors (Lipinski definition) is 2. The van der Waals surface area contributed by atoms with Crippen molar-refractivity contribution in [2.24, 2.45) is 0 Å². The van der Waals surface area contributed by atoms with E-state index in [0.29, 0.717) is 0 Å². The first-order valence-electron chi connectivity index (χ1n) is 6.74. The largest absolute Gasteiger partial charge is 0.370 e. The number of nitrogens with one attached hydrogen (secondary N) is 2. The molecule has 0 aliphatic heterocycles. The van der Waals surface area contributed by atoms with Gasteiger partial charge in [-0.15, -0.1) is 0 Å². The quantitative estimate of drug-likeness (QED) is 0.727. The summed E-state index contributed by atoms with van der Waals surface area (Å²) < 4.78 is 0. The molecule has 0 unspecified atom stereocenters. The monoisotopic (exact) mass is 235 g/mol. The van der Waals surface area contributed by atoms with Crippen molar-refractivity contribution in [1.82, 2.24) is 10.3 Å². The van der Waals surface area contributed by atoms with Gasteiger partial charge in [0.1, 0.15) is 5.82 Å². The van der Waals surface area contributed by atoms with E-state index in [1.165, 1.54) is 11.3 Å². The molecule has 17 heavy (non-hydrogen) atoms. The Bertz CT molecular complexity index is 297. The highest BCUT2D eigenvalue weighted by molar-refractivity contribution is 5.39. The molecule has 1 rings (SSSR count). The molecule has 2 N–H and O–H groups in total. The third-order valence-corrected chi connectivity index (χ3v) is 2.58. The molecule has 0 saturated heterocycles. The summed E-state index contributed by atoms with van der Waals surface area (Å²) in [4.78, 5) is 4.63. The SMILES string of the molecule is CCCNc1cc(CNCC)cc(CCC)n1. The van der Waals surface area contributed by atoms with Crippen LogP contribution in [0.3, 0.4) is 0 Å². The van der Waals surface area contributed by atoms with Gasteiger partial charge in [-0.3, -0.25) is 0 Å². The molecule has 3 heteroatoms.